The third-order valence-corrected chi connectivity index (χ3v) is 4.55. The van der Waals surface area contributed by atoms with Gasteiger partial charge in [-0.3, -0.25) is 9.59 Å². The van der Waals surface area contributed by atoms with Crippen LogP contribution in [0.5, 0.6) is 0 Å². The number of carbonyl (C=O) groups is 3. The number of rotatable bonds is 6. The van der Waals surface area contributed by atoms with Crippen LogP contribution in [0.25, 0.3) is 11.0 Å². The maximum atomic E-state index is 12.7. The number of hydrogen-bond acceptors (Lipinski definition) is 7. The molecule has 0 fully saturated rings. The Balaban J connectivity index is 1.70. The van der Waals surface area contributed by atoms with E-state index in [0.29, 0.717) is 28.8 Å². The van der Waals surface area contributed by atoms with Crippen molar-refractivity contribution < 1.29 is 23.9 Å². The summed E-state index contributed by atoms with van der Waals surface area (Å²) in [6.45, 7) is 3.60. The molecule has 0 aliphatic carbocycles. The molecule has 31 heavy (non-hydrogen) atoms. The fourth-order valence-electron chi connectivity index (χ4n) is 2.96. The number of methoxy groups -OCH3 is 1. The van der Waals surface area contributed by atoms with Crippen molar-refractivity contribution in [3.63, 3.8) is 0 Å². The highest BCUT2D eigenvalue weighted by Crippen LogP contribution is 2.13. The van der Waals surface area contributed by atoms with Crippen LogP contribution in [0.4, 0.5) is 5.69 Å². The van der Waals surface area contributed by atoms with Crippen molar-refractivity contribution in [2.45, 2.75) is 20.4 Å². The number of benzene rings is 1. The van der Waals surface area contributed by atoms with E-state index in [9.17, 15) is 19.2 Å². The van der Waals surface area contributed by atoms with Crippen molar-refractivity contribution in [2.24, 2.45) is 0 Å². The Labute approximate surface area is 177 Å². The maximum Gasteiger partial charge on any atom is 0.344 e. The SMILES string of the molecule is CCn1cc(C(=O)OCC(=O)Nc2ccc(C(=O)OC)cc2)c(=O)c2ccc(C)nc21. The monoisotopic (exact) mass is 423 g/mol. The number of nitrogens with zero attached hydrogens (tertiary/aromatic N) is 2. The van der Waals surface area contributed by atoms with Crippen LogP contribution in [0.2, 0.25) is 0 Å². The summed E-state index contributed by atoms with van der Waals surface area (Å²) in [6.07, 6.45) is 1.39. The van der Waals surface area contributed by atoms with E-state index in [0.717, 1.165) is 5.69 Å². The molecule has 160 valence electrons. The third-order valence-electron chi connectivity index (χ3n) is 4.55. The summed E-state index contributed by atoms with van der Waals surface area (Å²) in [4.78, 5) is 53.1. The van der Waals surface area contributed by atoms with E-state index in [1.807, 2.05) is 13.8 Å². The van der Waals surface area contributed by atoms with Gasteiger partial charge in [-0.25, -0.2) is 14.6 Å². The van der Waals surface area contributed by atoms with Crippen molar-refractivity contribution in [3.05, 3.63) is 69.6 Å². The molecule has 0 radical (unpaired) electrons. The fraction of sp³-hybridized carbons (Fsp3) is 0.227. The summed E-state index contributed by atoms with van der Waals surface area (Å²) < 4.78 is 11.3. The first-order valence-corrected chi connectivity index (χ1v) is 9.50. The first kappa shape index (κ1) is 21.7. The summed E-state index contributed by atoms with van der Waals surface area (Å²) >= 11 is 0. The minimum Gasteiger partial charge on any atom is -0.465 e. The Bertz CT molecular complexity index is 1210. The van der Waals surface area contributed by atoms with Gasteiger partial charge in [0.2, 0.25) is 5.43 Å². The van der Waals surface area contributed by atoms with E-state index in [2.05, 4.69) is 15.0 Å². The first-order chi connectivity index (χ1) is 14.8. The molecule has 0 saturated carbocycles. The van der Waals surface area contributed by atoms with Gasteiger partial charge in [-0.15, -0.1) is 0 Å². The van der Waals surface area contributed by atoms with Crippen LogP contribution < -0.4 is 10.7 Å². The van der Waals surface area contributed by atoms with E-state index in [-0.39, 0.29) is 5.56 Å². The molecule has 0 spiro atoms. The van der Waals surface area contributed by atoms with Crippen LogP contribution in [-0.4, -0.2) is 41.1 Å². The number of fused-ring (bicyclic) bond motifs is 1. The molecule has 2 aromatic heterocycles. The zero-order valence-corrected chi connectivity index (χ0v) is 17.3. The lowest BCUT2D eigenvalue weighted by Gasteiger charge is -2.11. The van der Waals surface area contributed by atoms with Crippen molar-refractivity contribution in [2.75, 3.05) is 19.0 Å². The number of aryl methyl sites for hydroxylation is 2. The summed E-state index contributed by atoms with van der Waals surface area (Å²) in [5.41, 5.74) is 1.30. The zero-order valence-electron chi connectivity index (χ0n) is 17.3. The van der Waals surface area contributed by atoms with E-state index in [4.69, 9.17) is 4.74 Å². The largest absolute Gasteiger partial charge is 0.465 e. The minimum absolute atomic E-state index is 0.171. The van der Waals surface area contributed by atoms with Crippen molar-refractivity contribution >= 4 is 34.6 Å². The third kappa shape index (κ3) is 4.77. The second-order valence-corrected chi connectivity index (χ2v) is 6.67. The van der Waals surface area contributed by atoms with Gasteiger partial charge in [0.1, 0.15) is 11.2 Å². The van der Waals surface area contributed by atoms with Crippen LogP contribution in [0, 0.1) is 6.92 Å². The number of esters is 2. The molecule has 2 heterocycles. The molecule has 3 aromatic rings. The van der Waals surface area contributed by atoms with E-state index < -0.39 is 29.9 Å². The molecule has 9 heteroatoms. The Morgan fingerprint density at radius 1 is 1.06 bits per heavy atom. The zero-order chi connectivity index (χ0) is 22.5. The maximum absolute atomic E-state index is 12.7. The average Bonchev–Trinajstić information content (AvgIpc) is 2.77. The van der Waals surface area contributed by atoms with Crippen molar-refractivity contribution in [3.8, 4) is 0 Å². The van der Waals surface area contributed by atoms with Crippen molar-refractivity contribution in [1.29, 1.82) is 0 Å². The van der Waals surface area contributed by atoms with Crippen LogP contribution in [0.15, 0.2) is 47.4 Å². The molecule has 0 saturated heterocycles. The summed E-state index contributed by atoms with van der Waals surface area (Å²) in [5.74, 6) is -1.98. The van der Waals surface area contributed by atoms with Gasteiger partial charge in [0.25, 0.3) is 5.91 Å². The molecule has 0 aliphatic heterocycles. The standard InChI is InChI=1S/C22H21N3O6/c1-4-25-11-17(19(27)16-10-5-13(2)23-20(16)25)22(29)31-12-18(26)24-15-8-6-14(7-9-15)21(28)30-3/h5-11H,4,12H2,1-3H3,(H,24,26). The molecule has 0 bridgehead atoms. The summed E-state index contributed by atoms with van der Waals surface area (Å²) in [6, 6.07) is 9.33. The molecule has 0 unspecified atom stereocenters. The van der Waals surface area contributed by atoms with Crippen LogP contribution in [0.3, 0.4) is 0 Å². The van der Waals surface area contributed by atoms with Gasteiger partial charge in [0.05, 0.1) is 18.1 Å². The number of nitrogens with one attached hydrogen (secondary N) is 1. The molecular formula is C22H21N3O6. The van der Waals surface area contributed by atoms with Gasteiger partial charge in [-0.2, -0.15) is 0 Å². The smallest absolute Gasteiger partial charge is 0.344 e. The highest BCUT2D eigenvalue weighted by Gasteiger charge is 2.18. The lowest BCUT2D eigenvalue weighted by molar-refractivity contribution is -0.119. The number of hydrogen-bond donors (Lipinski definition) is 1. The lowest BCUT2D eigenvalue weighted by atomic mass is 10.2. The van der Waals surface area contributed by atoms with E-state index in [1.54, 1.807) is 16.7 Å². The van der Waals surface area contributed by atoms with Gasteiger partial charge in [-0.1, -0.05) is 0 Å². The number of carbonyl (C=O) groups excluding carboxylic acids is 3. The average molecular weight is 423 g/mol. The topological polar surface area (TPSA) is 117 Å². The van der Waals surface area contributed by atoms with Crippen molar-refractivity contribution in [1.82, 2.24) is 9.55 Å². The van der Waals surface area contributed by atoms with E-state index >= 15 is 0 Å². The number of ether oxygens (including phenoxy) is 2. The Morgan fingerprint density at radius 2 is 1.77 bits per heavy atom. The molecule has 0 atom stereocenters. The van der Waals surface area contributed by atoms with Gasteiger partial charge in [0, 0.05) is 24.1 Å². The Kier molecular flexibility index (Phi) is 6.44. The van der Waals surface area contributed by atoms with Crippen LogP contribution in [-0.2, 0) is 20.8 Å². The summed E-state index contributed by atoms with van der Waals surface area (Å²) in [5, 5.41) is 2.85. The minimum atomic E-state index is -0.897. The van der Waals surface area contributed by atoms with Crippen LogP contribution >= 0.6 is 0 Å². The highest BCUT2D eigenvalue weighted by atomic mass is 16.5. The number of anilines is 1. The quantitative estimate of drug-likeness (QED) is 0.605. The molecule has 1 amide bonds. The predicted octanol–water partition coefficient (Wildman–Crippen LogP) is 2.31. The molecular weight excluding hydrogens is 402 g/mol. The summed E-state index contributed by atoms with van der Waals surface area (Å²) in [7, 11) is 1.27. The molecule has 9 nitrogen and oxygen atoms in total. The number of amides is 1. The highest BCUT2D eigenvalue weighted by molar-refractivity contribution is 5.97. The van der Waals surface area contributed by atoms with Gasteiger partial charge < -0.3 is 19.4 Å². The Morgan fingerprint density at radius 3 is 2.42 bits per heavy atom. The first-order valence-electron chi connectivity index (χ1n) is 9.50. The molecule has 0 aliphatic rings. The second kappa shape index (κ2) is 9.21. The second-order valence-electron chi connectivity index (χ2n) is 6.67. The fourth-order valence-corrected chi connectivity index (χ4v) is 2.96. The number of aromatic nitrogens is 2. The van der Waals surface area contributed by atoms with E-state index in [1.165, 1.54) is 37.6 Å². The van der Waals surface area contributed by atoms with Gasteiger partial charge in [-0.05, 0) is 50.2 Å². The molecule has 1 aromatic carbocycles. The normalized spacial score (nSPS) is 10.5. The Hall–Kier alpha value is -4.01. The lowest BCUT2D eigenvalue weighted by Crippen LogP contribution is -2.25. The van der Waals surface area contributed by atoms with Gasteiger partial charge in [0.15, 0.2) is 6.61 Å². The van der Waals surface area contributed by atoms with Gasteiger partial charge >= 0.3 is 11.9 Å². The molecule has 3 rings (SSSR count). The molecule has 1 N–H and O–H groups in total. The predicted molar refractivity (Wildman–Crippen MR) is 113 cm³/mol. The van der Waals surface area contributed by atoms with Crippen LogP contribution in [0.1, 0.15) is 33.3 Å². The number of pyridine rings is 2.